The van der Waals surface area contributed by atoms with E-state index < -0.39 is 11.4 Å². The first kappa shape index (κ1) is 15.4. The summed E-state index contributed by atoms with van der Waals surface area (Å²) < 4.78 is 5.44. The fourth-order valence-corrected chi connectivity index (χ4v) is 4.30. The minimum absolute atomic E-state index is 0.0276. The van der Waals surface area contributed by atoms with E-state index in [2.05, 4.69) is 11.4 Å². The molecule has 2 atom stereocenters. The van der Waals surface area contributed by atoms with Crippen LogP contribution in [0.15, 0.2) is 18.2 Å². The van der Waals surface area contributed by atoms with Gasteiger partial charge in [0.2, 0.25) is 0 Å². The van der Waals surface area contributed by atoms with E-state index >= 15 is 0 Å². The van der Waals surface area contributed by atoms with Crippen LogP contribution in [0.2, 0.25) is 0 Å². The van der Waals surface area contributed by atoms with Crippen molar-refractivity contribution in [2.75, 3.05) is 38.2 Å². The first-order chi connectivity index (χ1) is 11.6. The van der Waals surface area contributed by atoms with Crippen LogP contribution in [0, 0.1) is 11.3 Å². The van der Waals surface area contributed by atoms with Crippen molar-refractivity contribution in [3.05, 3.63) is 29.3 Å². The summed E-state index contributed by atoms with van der Waals surface area (Å²) in [4.78, 5) is 26.7. The lowest BCUT2D eigenvalue weighted by atomic mass is 9.76. The van der Waals surface area contributed by atoms with E-state index in [1.165, 1.54) is 5.56 Å². The number of rotatable bonds is 2. The number of hydrogen-bond acceptors (Lipinski definition) is 4. The molecule has 1 aromatic carbocycles. The normalized spacial score (nSPS) is 28.7. The molecule has 0 aromatic heterocycles. The molecule has 24 heavy (non-hydrogen) atoms. The largest absolute Gasteiger partial charge is 0.481 e. The van der Waals surface area contributed by atoms with Crippen LogP contribution in [-0.4, -0.2) is 54.7 Å². The Hall–Kier alpha value is -2.08. The molecule has 128 valence electrons. The van der Waals surface area contributed by atoms with Gasteiger partial charge in [0, 0.05) is 26.2 Å². The van der Waals surface area contributed by atoms with Gasteiger partial charge >= 0.3 is 5.97 Å². The van der Waals surface area contributed by atoms with E-state index in [9.17, 15) is 14.7 Å². The lowest BCUT2D eigenvalue weighted by molar-refractivity contribution is -0.159. The Kier molecular flexibility index (Phi) is 3.72. The van der Waals surface area contributed by atoms with Gasteiger partial charge in [-0.1, -0.05) is 12.1 Å². The standard InChI is InChI=1S/C18H22N2O4/c21-16(14-5-1-3-12-4-2-7-19-15(12)14)20-9-13-6-8-24-11-18(13,10-20)17(22)23/h1,3,5,13,19H,2,4,6-11H2,(H,22,23)/t13-,18+/m0/s1. The molecule has 1 aromatic rings. The van der Waals surface area contributed by atoms with Crippen molar-refractivity contribution < 1.29 is 19.4 Å². The van der Waals surface area contributed by atoms with Gasteiger partial charge in [-0.25, -0.2) is 0 Å². The summed E-state index contributed by atoms with van der Waals surface area (Å²) >= 11 is 0. The second kappa shape index (κ2) is 5.77. The molecule has 6 nitrogen and oxygen atoms in total. The number of para-hydroxylation sites is 1. The lowest BCUT2D eigenvalue weighted by Gasteiger charge is -2.33. The maximum Gasteiger partial charge on any atom is 0.314 e. The smallest absolute Gasteiger partial charge is 0.314 e. The highest BCUT2D eigenvalue weighted by Gasteiger charge is 2.55. The topological polar surface area (TPSA) is 78.9 Å². The van der Waals surface area contributed by atoms with Gasteiger partial charge in [0.25, 0.3) is 5.91 Å². The zero-order valence-corrected chi connectivity index (χ0v) is 13.6. The van der Waals surface area contributed by atoms with Crippen molar-refractivity contribution in [2.45, 2.75) is 19.3 Å². The van der Waals surface area contributed by atoms with Crippen molar-refractivity contribution in [3.63, 3.8) is 0 Å². The summed E-state index contributed by atoms with van der Waals surface area (Å²) in [5.41, 5.74) is 1.80. The molecular formula is C18H22N2O4. The van der Waals surface area contributed by atoms with Gasteiger partial charge in [0.15, 0.2) is 0 Å². The second-order valence-electron chi connectivity index (χ2n) is 7.06. The maximum absolute atomic E-state index is 13.1. The molecule has 6 heteroatoms. The molecule has 0 radical (unpaired) electrons. The highest BCUT2D eigenvalue weighted by molar-refractivity contribution is 6.01. The number of carbonyl (C=O) groups excluding carboxylic acids is 1. The third-order valence-electron chi connectivity index (χ3n) is 5.68. The number of aliphatic carboxylic acids is 1. The number of nitrogens with one attached hydrogen (secondary N) is 1. The van der Waals surface area contributed by atoms with Gasteiger partial charge in [-0.15, -0.1) is 0 Å². The minimum atomic E-state index is -0.948. The van der Waals surface area contributed by atoms with Crippen LogP contribution in [-0.2, 0) is 16.0 Å². The molecule has 3 heterocycles. The predicted molar refractivity (Wildman–Crippen MR) is 88.2 cm³/mol. The highest BCUT2D eigenvalue weighted by atomic mass is 16.5. The van der Waals surface area contributed by atoms with Gasteiger partial charge in [0.1, 0.15) is 5.41 Å². The van der Waals surface area contributed by atoms with E-state index in [-0.39, 0.29) is 25.0 Å². The molecule has 2 N–H and O–H groups in total. The number of carbonyl (C=O) groups is 2. The van der Waals surface area contributed by atoms with Gasteiger partial charge in [-0.2, -0.15) is 0 Å². The third-order valence-corrected chi connectivity index (χ3v) is 5.68. The Morgan fingerprint density at radius 2 is 2.25 bits per heavy atom. The van der Waals surface area contributed by atoms with Gasteiger partial charge in [0.05, 0.1) is 17.9 Å². The Labute approximate surface area is 140 Å². The zero-order valence-electron chi connectivity index (χ0n) is 13.6. The maximum atomic E-state index is 13.1. The number of nitrogens with zero attached hydrogens (tertiary/aromatic N) is 1. The molecule has 3 aliphatic heterocycles. The van der Waals surface area contributed by atoms with Crippen LogP contribution < -0.4 is 5.32 Å². The number of amides is 1. The quantitative estimate of drug-likeness (QED) is 0.861. The summed E-state index contributed by atoms with van der Waals surface area (Å²) in [5.74, 6) is -0.952. The summed E-state index contributed by atoms with van der Waals surface area (Å²) in [5, 5.41) is 13.1. The van der Waals surface area contributed by atoms with Gasteiger partial charge in [-0.3, -0.25) is 9.59 Å². The number of aryl methyl sites for hydroxylation is 1. The fraction of sp³-hybridized carbons (Fsp3) is 0.556. The summed E-state index contributed by atoms with van der Waals surface area (Å²) in [6, 6.07) is 5.80. The Morgan fingerprint density at radius 1 is 1.38 bits per heavy atom. The summed E-state index contributed by atoms with van der Waals surface area (Å²) in [7, 11) is 0. The summed E-state index contributed by atoms with van der Waals surface area (Å²) in [6.45, 7) is 2.37. The second-order valence-corrected chi connectivity index (χ2v) is 7.06. The van der Waals surface area contributed by atoms with Crippen LogP contribution in [0.25, 0.3) is 0 Å². The molecule has 1 amide bonds. The number of carboxylic acid groups (broad SMARTS) is 1. The number of hydrogen-bond donors (Lipinski definition) is 2. The van der Waals surface area contributed by atoms with E-state index in [1.54, 1.807) is 4.90 Å². The van der Waals surface area contributed by atoms with Gasteiger partial charge in [-0.05, 0) is 36.8 Å². The monoisotopic (exact) mass is 330 g/mol. The number of fused-ring (bicyclic) bond motifs is 2. The molecule has 4 rings (SSSR count). The van der Waals surface area contributed by atoms with Crippen molar-refractivity contribution in [2.24, 2.45) is 11.3 Å². The first-order valence-electron chi connectivity index (χ1n) is 8.58. The molecule has 2 fully saturated rings. The molecule has 0 bridgehead atoms. The average molecular weight is 330 g/mol. The van der Waals surface area contributed by atoms with Crippen molar-refractivity contribution in [1.29, 1.82) is 0 Å². The fourth-order valence-electron chi connectivity index (χ4n) is 4.30. The van der Waals surface area contributed by atoms with E-state index in [1.807, 2.05) is 12.1 Å². The molecular weight excluding hydrogens is 308 g/mol. The summed E-state index contributed by atoms with van der Waals surface area (Å²) in [6.07, 6.45) is 2.73. The minimum Gasteiger partial charge on any atom is -0.481 e. The SMILES string of the molecule is O=C(c1cccc2c1NCCC2)N1C[C@@H]2CCOC[C@]2(C(=O)O)C1. The Balaban J connectivity index is 1.63. The number of carboxylic acids is 1. The first-order valence-corrected chi connectivity index (χ1v) is 8.58. The zero-order chi connectivity index (χ0) is 16.7. The lowest BCUT2D eigenvalue weighted by Crippen LogP contribution is -2.46. The molecule has 0 unspecified atom stereocenters. The van der Waals surface area contributed by atoms with Crippen LogP contribution in [0.1, 0.15) is 28.8 Å². The van der Waals surface area contributed by atoms with E-state index in [4.69, 9.17) is 4.74 Å². The molecule has 2 saturated heterocycles. The average Bonchev–Trinajstić information content (AvgIpc) is 3.02. The number of anilines is 1. The highest BCUT2D eigenvalue weighted by Crippen LogP contribution is 2.42. The molecule has 3 aliphatic rings. The molecule has 0 saturated carbocycles. The van der Waals surface area contributed by atoms with Gasteiger partial charge < -0.3 is 20.1 Å². The Bertz CT molecular complexity index is 690. The number of likely N-dealkylation sites (tertiary alicyclic amines) is 1. The van der Waals surface area contributed by atoms with Crippen molar-refractivity contribution >= 4 is 17.6 Å². The molecule has 0 aliphatic carbocycles. The van der Waals surface area contributed by atoms with Crippen LogP contribution in [0.3, 0.4) is 0 Å². The molecule has 0 spiro atoms. The van der Waals surface area contributed by atoms with E-state index in [0.29, 0.717) is 25.1 Å². The van der Waals surface area contributed by atoms with Crippen LogP contribution in [0.5, 0.6) is 0 Å². The van der Waals surface area contributed by atoms with Crippen LogP contribution in [0.4, 0.5) is 5.69 Å². The number of ether oxygens (including phenoxy) is 1. The van der Waals surface area contributed by atoms with Crippen LogP contribution >= 0.6 is 0 Å². The third kappa shape index (κ3) is 2.28. The van der Waals surface area contributed by atoms with Crippen molar-refractivity contribution in [1.82, 2.24) is 4.90 Å². The van der Waals surface area contributed by atoms with Crippen molar-refractivity contribution in [3.8, 4) is 0 Å². The predicted octanol–water partition coefficient (Wildman–Crippen LogP) is 1.61. The van der Waals surface area contributed by atoms with E-state index in [0.717, 1.165) is 25.1 Å². The number of benzene rings is 1. The Morgan fingerprint density at radius 3 is 3.04 bits per heavy atom.